The quantitative estimate of drug-likeness (QED) is 0.666. The first-order valence-electron chi connectivity index (χ1n) is 6.02. The van der Waals surface area contributed by atoms with Crippen molar-refractivity contribution in [1.29, 1.82) is 0 Å². The van der Waals surface area contributed by atoms with Crippen molar-refractivity contribution in [1.82, 2.24) is 14.4 Å². The van der Waals surface area contributed by atoms with Crippen molar-refractivity contribution in [2.75, 3.05) is 0 Å². The van der Waals surface area contributed by atoms with Crippen LogP contribution in [0.15, 0.2) is 47.5 Å². The number of carbonyl (C=O) groups is 1. The Balaban J connectivity index is 1.72. The number of hydrogen-bond donors (Lipinski definition) is 0. The van der Waals surface area contributed by atoms with E-state index in [-0.39, 0.29) is 6.61 Å². The third-order valence-electron chi connectivity index (χ3n) is 2.76. The molecule has 0 aliphatic heterocycles. The molecule has 0 bridgehead atoms. The first-order chi connectivity index (χ1) is 10.1. The lowest BCUT2D eigenvalue weighted by molar-refractivity contribution is 0.0467. The van der Waals surface area contributed by atoms with Crippen LogP contribution in [0, 0.1) is 0 Å². The van der Waals surface area contributed by atoms with Crippen molar-refractivity contribution in [2.24, 2.45) is 0 Å². The first-order valence-corrected chi connectivity index (χ1v) is 7.20. The van der Waals surface area contributed by atoms with Crippen LogP contribution in [0.4, 0.5) is 0 Å². The average Bonchev–Trinajstić information content (AvgIpc) is 2.86. The Bertz CT molecular complexity index is 819. The summed E-state index contributed by atoms with van der Waals surface area (Å²) in [5.41, 5.74) is 1.78. The third kappa shape index (κ3) is 3.22. The predicted octanol–water partition coefficient (Wildman–Crippen LogP) is 3.50. The van der Waals surface area contributed by atoms with Gasteiger partial charge in [-0.3, -0.25) is 4.98 Å². The number of ether oxygens (including phenoxy) is 1. The van der Waals surface area contributed by atoms with Crippen LogP contribution >= 0.6 is 27.5 Å². The Morgan fingerprint density at radius 2 is 2.19 bits per heavy atom. The van der Waals surface area contributed by atoms with Crippen molar-refractivity contribution in [3.8, 4) is 0 Å². The summed E-state index contributed by atoms with van der Waals surface area (Å²) in [5.74, 6) is -0.445. The Kier molecular flexibility index (Phi) is 3.90. The number of halogens is 2. The summed E-state index contributed by atoms with van der Waals surface area (Å²) in [6, 6.07) is 5.21. The van der Waals surface area contributed by atoms with E-state index in [9.17, 15) is 4.79 Å². The topological polar surface area (TPSA) is 56.5 Å². The fraction of sp³-hybridized carbons (Fsp3) is 0.0714. The van der Waals surface area contributed by atoms with Gasteiger partial charge in [-0.15, -0.1) is 0 Å². The highest BCUT2D eigenvalue weighted by atomic mass is 79.9. The number of esters is 1. The molecule has 21 heavy (non-hydrogen) atoms. The maximum Gasteiger partial charge on any atom is 0.340 e. The van der Waals surface area contributed by atoms with Crippen molar-refractivity contribution in [2.45, 2.75) is 6.61 Å². The molecule has 3 aromatic heterocycles. The maximum atomic E-state index is 11.9. The second-order valence-corrected chi connectivity index (χ2v) is 5.67. The Hall–Kier alpha value is -1.92. The molecule has 0 fully saturated rings. The van der Waals surface area contributed by atoms with Gasteiger partial charge in [-0.05, 0) is 34.1 Å². The molecule has 0 spiro atoms. The molecule has 0 saturated heterocycles. The van der Waals surface area contributed by atoms with Gasteiger partial charge in [0.1, 0.15) is 12.3 Å². The normalized spacial score (nSPS) is 10.8. The van der Waals surface area contributed by atoms with Gasteiger partial charge in [0.15, 0.2) is 0 Å². The van der Waals surface area contributed by atoms with Gasteiger partial charge in [-0.25, -0.2) is 9.78 Å². The molecule has 0 aromatic carbocycles. The van der Waals surface area contributed by atoms with Crippen LogP contribution < -0.4 is 0 Å². The van der Waals surface area contributed by atoms with E-state index >= 15 is 0 Å². The SMILES string of the molecule is O=C(OCc1cn2cc(Cl)ccc2n1)c1cncc(Br)c1. The van der Waals surface area contributed by atoms with Crippen LogP contribution in [-0.4, -0.2) is 20.3 Å². The highest BCUT2D eigenvalue weighted by molar-refractivity contribution is 9.10. The van der Waals surface area contributed by atoms with E-state index in [0.29, 0.717) is 16.3 Å². The van der Waals surface area contributed by atoms with Crippen LogP contribution in [0.5, 0.6) is 0 Å². The van der Waals surface area contributed by atoms with Crippen LogP contribution in [0.1, 0.15) is 16.1 Å². The minimum atomic E-state index is -0.445. The van der Waals surface area contributed by atoms with Crippen LogP contribution in [0.3, 0.4) is 0 Å². The Morgan fingerprint density at radius 1 is 1.33 bits per heavy atom. The number of pyridine rings is 2. The van der Waals surface area contributed by atoms with Gasteiger partial charge in [-0.1, -0.05) is 11.6 Å². The number of hydrogen-bond acceptors (Lipinski definition) is 4. The van der Waals surface area contributed by atoms with E-state index in [1.807, 2.05) is 0 Å². The average molecular weight is 367 g/mol. The number of nitrogens with zero attached hydrogens (tertiary/aromatic N) is 3. The standard InChI is InChI=1S/C14H9BrClN3O2/c15-10-3-9(4-17-5-10)14(20)21-8-12-7-19-6-11(16)1-2-13(19)18-12/h1-7H,8H2. The molecule has 3 heterocycles. The Labute approximate surface area is 133 Å². The molecule has 0 atom stereocenters. The molecule has 3 aromatic rings. The van der Waals surface area contributed by atoms with Crippen molar-refractivity contribution in [3.63, 3.8) is 0 Å². The molecular formula is C14H9BrClN3O2. The molecule has 106 valence electrons. The van der Waals surface area contributed by atoms with E-state index in [1.165, 1.54) is 6.20 Å². The number of fused-ring (bicyclic) bond motifs is 1. The minimum Gasteiger partial charge on any atom is -0.455 e. The molecule has 0 aliphatic rings. The molecule has 7 heteroatoms. The summed E-state index contributed by atoms with van der Waals surface area (Å²) in [7, 11) is 0. The van der Waals surface area contributed by atoms with Gasteiger partial charge in [0.2, 0.25) is 0 Å². The van der Waals surface area contributed by atoms with E-state index in [2.05, 4.69) is 25.9 Å². The third-order valence-corrected chi connectivity index (χ3v) is 3.41. The highest BCUT2D eigenvalue weighted by Crippen LogP contribution is 2.14. The van der Waals surface area contributed by atoms with E-state index < -0.39 is 5.97 Å². The molecule has 0 aliphatic carbocycles. The van der Waals surface area contributed by atoms with Crippen molar-refractivity contribution < 1.29 is 9.53 Å². The van der Waals surface area contributed by atoms with Crippen LogP contribution in [0.2, 0.25) is 5.02 Å². The maximum absolute atomic E-state index is 11.9. The van der Waals surface area contributed by atoms with Gasteiger partial charge in [0, 0.05) is 29.3 Å². The lowest BCUT2D eigenvalue weighted by atomic mass is 10.3. The summed E-state index contributed by atoms with van der Waals surface area (Å²) in [6.07, 6.45) is 6.57. The second kappa shape index (κ2) is 5.83. The van der Waals surface area contributed by atoms with E-state index in [0.717, 1.165) is 10.1 Å². The summed E-state index contributed by atoms with van der Waals surface area (Å²) in [6.45, 7) is 0.0879. The predicted molar refractivity (Wildman–Crippen MR) is 81.3 cm³/mol. The number of aromatic nitrogens is 3. The molecular weight excluding hydrogens is 358 g/mol. The van der Waals surface area contributed by atoms with Gasteiger partial charge >= 0.3 is 5.97 Å². The summed E-state index contributed by atoms with van der Waals surface area (Å²) in [5, 5.41) is 0.614. The van der Waals surface area contributed by atoms with Gasteiger partial charge < -0.3 is 9.14 Å². The molecule has 5 nitrogen and oxygen atoms in total. The summed E-state index contributed by atoms with van der Waals surface area (Å²) >= 11 is 9.16. The molecule has 3 rings (SSSR count). The second-order valence-electron chi connectivity index (χ2n) is 4.31. The van der Waals surface area contributed by atoms with Crippen LogP contribution in [0.25, 0.3) is 5.65 Å². The zero-order valence-electron chi connectivity index (χ0n) is 10.7. The van der Waals surface area contributed by atoms with Crippen molar-refractivity contribution >= 4 is 39.1 Å². The van der Waals surface area contributed by atoms with Crippen molar-refractivity contribution in [3.05, 3.63) is 63.7 Å². The fourth-order valence-corrected chi connectivity index (χ4v) is 2.37. The minimum absolute atomic E-state index is 0.0879. The molecule has 0 radical (unpaired) electrons. The van der Waals surface area contributed by atoms with Crippen LogP contribution in [-0.2, 0) is 11.3 Å². The zero-order valence-corrected chi connectivity index (χ0v) is 13.0. The summed E-state index contributed by atoms with van der Waals surface area (Å²) < 4.78 is 7.73. The molecule has 0 amide bonds. The monoisotopic (exact) mass is 365 g/mol. The summed E-state index contributed by atoms with van der Waals surface area (Å²) in [4.78, 5) is 20.2. The lowest BCUT2D eigenvalue weighted by Crippen LogP contribution is -2.05. The van der Waals surface area contributed by atoms with Gasteiger partial charge in [0.05, 0.1) is 16.3 Å². The zero-order chi connectivity index (χ0) is 14.8. The smallest absolute Gasteiger partial charge is 0.340 e. The lowest BCUT2D eigenvalue weighted by Gasteiger charge is -2.02. The number of carbonyl (C=O) groups excluding carboxylic acids is 1. The largest absolute Gasteiger partial charge is 0.455 e. The number of rotatable bonds is 3. The van der Waals surface area contributed by atoms with E-state index in [4.69, 9.17) is 16.3 Å². The van der Waals surface area contributed by atoms with Gasteiger partial charge in [-0.2, -0.15) is 0 Å². The Morgan fingerprint density at radius 3 is 3.00 bits per heavy atom. The van der Waals surface area contributed by atoms with Gasteiger partial charge in [0.25, 0.3) is 0 Å². The van der Waals surface area contributed by atoms with E-state index in [1.54, 1.807) is 41.2 Å². The highest BCUT2D eigenvalue weighted by Gasteiger charge is 2.10. The first kappa shape index (κ1) is 14.0. The molecule has 0 N–H and O–H groups in total. The number of imidazole rings is 1. The molecule has 0 saturated carbocycles. The molecule has 0 unspecified atom stereocenters. The fourth-order valence-electron chi connectivity index (χ4n) is 1.83.